The summed E-state index contributed by atoms with van der Waals surface area (Å²) in [7, 11) is -3.46. The molecule has 7 heteroatoms. The van der Waals surface area contributed by atoms with Gasteiger partial charge in [-0.25, -0.2) is 13.1 Å². The molecule has 0 bridgehead atoms. The summed E-state index contributed by atoms with van der Waals surface area (Å²) in [5, 5.41) is 0. The lowest BCUT2D eigenvalue weighted by atomic mass is 10.3. The Morgan fingerprint density at radius 1 is 1.20 bits per heavy atom. The van der Waals surface area contributed by atoms with Gasteiger partial charge in [-0.1, -0.05) is 15.9 Å². The molecule has 1 saturated carbocycles. The molecule has 0 amide bonds. The summed E-state index contributed by atoms with van der Waals surface area (Å²) in [5.74, 6) is 0. The summed E-state index contributed by atoms with van der Waals surface area (Å²) in [6, 6.07) is 5.83. The smallest absolute Gasteiger partial charge is 0.241 e. The Hall–Kier alpha value is 0.0500. The molecule has 1 aliphatic heterocycles. The predicted molar refractivity (Wildman–Crippen MR) is 85.2 cm³/mol. The van der Waals surface area contributed by atoms with Crippen molar-refractivity contribution in [1.29, 1.82) is 0 Å². The third-order valence-corrected chi connectivity index (χ3v) is 6.78. The maximum absolute atomic E-state index is 12.4. The Kier molecular flexibility index (Phi) is 4.25. The van der Waals surface area contributed by atoms with Gasteiger partial charge in [-0.15, -0.1) is 0 Å². The average Bonchev–Trinajstić information content (AvgIpc) is 3.10. The van der Waals surface area contributed by atoms with Crippen molar-refractivity contribution < 1.29 is 8.42 Å². The molecule has 2 aliphatic rings. The topological polar surface area (TPSA) is 49.4 Å². The summed E-state index contributed by atoms with van der Waals surface area (Å²) < 4.78 is 29.1. The molecule has 0 aromatic heterocycles. The molecule has 1 saturated heterocycles. The van der Waals surface area contributed by atoms with Gasteiger partial charge in [-0.2, -0.15) is 0 Å². The van der Waals surface area contributed by atoms with Crippen LogP contribution in [-0.4, -0.2) is 38.5 Å². The number of hydrogen-bond acceptors (Lipinski definition) is 3. The molecule has 0 radical (unpaired) electrons. The highest BCUT2D eigenvalue weighted by Crippen LogP contribution is 2.31. The van der Waals surface area contributed by atoms with Crippen LogP contribution >= 0.6 is 31.9 Å². The molecule has 1 N–H and O–H groups in total. The zero-order valence-electron chi connectivity index (χ0n) is 10.9. The average molecular weight is 424 g/mol. The Labute approximate surface area is 136 Å². The van der Waals surface area contributed by atoms with Crippen molar-refractivity contribution in [1.82, 2.24) is 9.62 Å². The first-order chi connectivity index (χ1) is 9.45. The van der Waals surface area contributed by atoms with Crippen molar-refractivity contribution in [3.8, 4) is 0 Å². The molecule has 110 valence electrons. The van der Waals surface area contributed by atoms with Crippen molar-refractivity contribution in [3.63, 3.8) is 0 Å². The second-order valence-electron chi connectivity index (χ2n) is 5.41. The van der Waals surface area contributed by atoms with Crippen LogP contribution < -0.4 is 4.72 Å². The molecule has 1 aromatic rings. The quantitative estimate of drug-likeness (QED) is 0.809. The minimum atomic E-state index is -3.46. The number of benzene rings is 1. The van der Waals surface area contributed by atoms with E-state index in [2.05, 4.69) is 41.5 Å². The first-order valence-corrected chi connectivity index (χ1v) is 9.74. The second-order valence-corrected chi connectivity index (χ2v) is 8.86. The van der Waals surface area contributed by atoms with Gasteiger partial charge in [-0.3, -0.25) is 4.90 Å². The highest BCUT2D eigenvalue weighted by Gasteiger charge is 2.36. The molecular formula is C13H16Br2N2O2S. The van der Waals surface area contributed by atoms with E-state index in [1.807, 2.05) is 0 Å². The maximum atomic E-state index is 12.4. The third kappa shape index (κ3) is 3.27. The fraction of sp³-hybridized carbons (Fsp3) is 0.538. The molecule has 3 rings (SSSR count). The fourth-order valence-corrected chi connectivity index (χ4v) is 5.64. The molecule has 1 aliphatic carbocycles. The number of nitrogens with zero attached hydrogens (tertiary/aromatic N) is 1. The number of sulfonamides is 1. The summed E-state index contributed by atoms with van der Waals surface area (Å²) in [6.07, 6.45) is 3.42. The molecular weight excluding hydrogens is 408 g/mol. The molecule has 4 nitrogen and oxygen atoms in total. The van der Waals surface area contributed by atoms with Crippen LogP contribution in [0, 0.1) is 0 Å². The van der Waals surface area contributed by atoms with Crippen LogP contribution in [0.15, 0.2) is 32.0 Å². The van der Waals surface area contributed by atoms with Gasteiger partial charge in [0, 0.05) is 34.1 Å². The Bertz CT molecular complexity index is 617. The number of hydrogen-bond donors (Lipinski definition) is 1. The number of rotatable bonds is 4. The first kappa shape index (κ1) is 15.0. The summed E-state index contributed by atoms with van der Waals surface area (Å²) >= 11 is 6.65. The van der Waals surface area contributed by atoms with Crippen molar-refractivity contribution >= 4 is 41.9 Å². The van der Waals surface area contributed by atoms with Crippen molar-refractivity contribution in [2.24, 2.45) is 0 Å². The van der Waals surface area contributed by atoms with Crippen LogP contribution in [0.1, 0.15) is 19.3 Å². The number of nitrogens with one attached hydrogen (secondary N) is 1. The van der Waals surface area contributed by atoms with E-state index >= 15 is 0 Å². The fourth-order valence-electron chi connectivity index (χ4n) is 2.63. The normalized spacial score (nSPS) is 24.2. The first-order valence-electron chi connectivity index (χ1n) is 6.67. The monoisotopic (exact) mass is 422 g/mol. The second kappa shape index (κ2) is 5.68. The summed E-state index contributed by atoms with van der Waals surface area (Å²) in [6.45, 7) is 1.83. The standard InChI is InChI=1S/C13H16Br2N2O2S/c14-9-1-4-13(12(15)7-9)20(18,19)16-10-5-6-17(8-10)11-2-3-11/h1,4,7,10-11,16H,2-3,5-6,8H2. The van der Waals surface area contributed by atoms with Crippen LogP contribution in [0.2, 0.25) is 0 Å². The van der Waals surface area contributed by atoms with E-state index in [1.54, 1.807) is 18.2 Å². The van der Waals surface area contributed by atoms with E-state index in [0.717, 1.165) is 24.0 Å². The van der Waals surface area contributed by atoms with E-state index in [9.17, 15) is 8.42 Å². The molecule has 1 aromatic carbocycles. The minimum Gasteiger partial charge on any atom is -0.299 e. The van der Waals surface area contributed by atoms with Gasteiger partial charge in [0.25, 0.3) is 0 Å². The van der Waals surface area contributed by atoms with Gasteiger partial charge >= 0.3 is 0 Å². The van der Waals surface area contributed by atoms with E-state index in [-0.39, 0.29) is 6.04 Å². The summed E-state index contributed by atoms with van der Waals surface area (Å²) in [4.78, 5) is 2.69. The van der Waals surface area contributed by atoms with Gasteiger partial charge in [0.2, 0.25) is 10.0 Å². The van der Waals surface area contributed by atoms with Crippen LogP contribution in [0.25, 0.3) is 0 Å². The lowest BCUT2D eigenvalue weighted by molar-refractivity contribution is 0.322. The minimum absolute atomic E-state index is 0.0242. The Balaban J connectivity index is 1.72. The van der Waals surface area contributed by atoms with E-state index in [1.165, 1.54) is 12.8 Å². The lowest BCUT2D eigenvalue weighted by Crippen LogP contribution is -2.37. The van der Waals surface area contributed by atoms with Crippen LogP contribution in [0.4, 0.5) is 0 Å². The van der Waals surface area contributed by atoms with Gasteiger partial charge < -0.3 is 0 Å². The van der Waals surface area contributed by atoms with Gasteiger partial charge in [0.05, 0.1) is 4.90 Å². The molecule has 1 atom stereocenters. The number of halogens is 2. The van der Waals surface area contributed by atoms with E-state index in [0.29, 0.717) is 15.4 Å². The van der Waals surface area contributed by atoms with Crippen molar-refractivity contribution in [2.75, 3.05) is 13.1 Å². The van der Waals surface area contributed by atoms with Gasteiger partial charge in [0.15, 0.2) is 0 Å². The van der Waals surface area contributed by atoms with Crippen molar-refractivity contribution in [2.45, 2.75) is 36.2 Å². The SMILES string of the molecule is O=S(=O)(NC1CCN(C2CC2)C1)c1ccc(Br)cc1Br. The zero-order valence-corrected chi connectivity index (χ0v) is 14.8. The maximum Gasteiger partial charge on any atom is 0.241 e. The lowest BCUT2D eigenvalue weighted by Gasteiger charge is -2.16. The van der Waals surface area contributed by atoms with E-state index in [4.69, 9.17) is 0 Å². The largest absolute Gasteiger partial charge is 0.299 e. The zero-order chi connectivity index (χ0) is 14.3. The third-order valence-electron chi connectivity index (χ3n) is 3.79. The Morgan fingerprint density at radius 2 is 1.95 bits per heavy atom. The van der Waals surface area contributed by atoms with Crippen LogP contribution in [-0.2, 0) is 10.0 Å². The van der Waals surface area contributed by atoms with Crippen LogP contribution in [0.5, 0.6) is 0 Å². The molecule has 0 spiro atoms. The highest BCUT2D eigenvalue weighted by atomic mass is 79.9. The van der Waals surface area contributed by atoms with Gasteiger partial charge in [0.1, 0.15) is 0 Å². The van der Waals surface area contributed by atoms with Gasteiger partial charge in [-0.05, 0) is 53.4 Å². The molecule has 20 heavy (non-hydrogen) atoms. The molecule has 1 unspecified atom stereocenters. The predicted octanol–water partition coefficient (Wildman–Crippen LogP) is 2.73. The summed E-state index contributed by atoms with van der Waals surface area (Å²) in [5.41, 5.74) is 0. The number of likely N-dealkylation sites (tertiary alicyclic amines) is 1. The Morgan fingerprint density at radius 3 is 2.60 bits per heavy atom. The molecule has 2 fully saturated rings. The highest BCUT2D eigenvalue weighted by molar-refractivity contribution is 9.11. The van der Waals surface area contributed by atoms with E-state index < -0.39 is 10.0 Å². The molecule has 1 heterocycles. The van der Waals surface area contributed by atoms with Crippen molar-refractivity contribution in [3.05, 3.63) is 27.1 Å². The van der Waals surface area contributed by atoms with Crippen LogP contribution in [0.3, 0.4) is 0 Å².